The van der Waals surface area contributed by atoms with Gasteiger partial charge in [-0.2, -0.15) is 0 Å². The molecular weight excluding hydrogens is 474 g/mol. The summed E-state index contributed by atoms with van der Waals surface area (Å²) in [6.07, 6.45) is -0.128. The van der Waals surface area contributed by atoms with Crippen molar-refractivity contribution in [3.05, 3.63) is 88.5 Å². The molecule has 3 aromatic carbocycles. The molecule has 1 N–H and O–H groups in total. The van der Waals surface area contributed by atoms with Crippen molar-refractivity contribution in [2.45, 2.75) is 59.8 Å². The van der Waals surface area contributed by atoms with Crippen LogP contribution >= 0.6 is 0 Å². The van der Waals surface area contributed by atoms with Crippen molar-refractivity contribution in [1.82, 2.24) is 0 Å². The fourth-order valence-corrected chi connectivity index (χ4v) is 5.26. The monoisotopic (exact) mass is 509 g/mol. The van der Waals surface area contributed by atoms with Crippen LogP contribution in [0.25, 0.3) is 11.1 Å². The molecule has 0 saturated heterocycles. The molecule has 0 unspecified atom stereocenters. The molecule has 0 radical (unpaired) electrons. The Kier molecular flexibility index (Phi) is 7.96. The first-order valence-electron chi connectivity index (χ1n) is 11.8. The Morgan fingerprint density at radius 3 is 2.08 bits per heavy atom. The largest absolute Gasteiger partial charge is 0.479 e. The van der Waals surface area contributed by atoms with Gasteiger partial charge in [-0.3, -0.25) is 4.31 Å². The number of carboxylic acids is 1. The molecule has 0 bridgehead atoms. The zero-order chi connectivity index (χ0) is 26.8. The summed E-state index contributed by atoms with van der Waals surface area (Å²) in [5, 5.41) is 10.3. The topological polar surface area (TPSA) is 83.9 Å². The van der Waals surface area contributed by atoms with E-state index in [1.54, 1.807) is 27.7 Å². The van der Waals surface area contributed by atoms with Crippen LogP contribution in [-0.4, -0.2) is 31.4 Å². The number of carbonyl (C=O) groups is 1. The standard InChI is InChI=1S/C29H35NO5S/c1-19-13-15-23(16-14-19)25-20(2)17-24(21(3)26(25)27(28(31)32)35-29(4,5)6)30(36(7,33)34)18-22-11-9-8-10-12-22/h8-17,27H,18H2,1-7H3,(H,31,32)/t27-/m0/s1. The van der Waals surface area contributed by atoms with Gasteiger partial charge in [0.05, 0.1) is 24.1 Å². The molecular formula is C29H35NO5S. The fraction of sp³-hybridized carbons (Fsp3) is 0.345. The minimum absolute atomic E-state index is 0.126. The van der Waals surface area contributed by atoms with Crippen LogP contribution in [0.1, 0.15) is 54.7 Å². The predicted molar refractivity (Wildman–Crippen MR) is 145 cm³/mol. The van der Waals surface area contributed by atoms with Gasteiger partial charge in [0.15, 0.2) is 6.10 Å². The number of rotatable bonds is 8. The van der Waals surface area contributed by atoms with Gasteiger partial charge >= 0.3 is 5.97 Å². The van der Waals surface area contributed by atoms with E-state index >= 15 is 0 Å². The van der Waals surface area contributed by atoms with Crippen molar-refractivity contribution in [3.63, 3.8) is 0 Å². The summed E-state index contributed by atoms with van der Waals surface area (Å²) < 4.78 is 33.4. The van der Waals surface area contributed by atoms with E-state index in [9.17, 15) is 18.3 Å². The van der Waals surface area contributed by atoms with Crippen molar-refractivity contribution in [2.24, 2.45) is 0 Å². The third-order valence-corrected chi connectivity index (χ3v) is 7.07. The average Bonchev–Trinajstić information content (AvgIpc) is 2.77. The van der Waals surface area contributed by atoms with E-state index in [1.165, 1.54) is 10.6 Å². The number of benzene rings is 3. The molecule has 0 fully saturated rings. The zero-order valence-corrected chi connectivity index (χ0v) is 22.8. The number of hydrogen-bond donors (Lipinski definition) is 1. The van der Waals surface area contributed by atoms with E-state index < -0.39 is 27.7 Å². The first-order chi connectivity index (χ1) is 16.7. The summed E-state index contributed by atoms with van der Waals surface area (Å²) in [6.45, 7) is 11.2. The van der Waals surface area contributed by atoms with Gasteiger partial charge in [0.25, 0.3) is 0 Å². The number of anilines is 1. The molecule has 0 aliphatic carbocycles. The molecule has 0 amide bonds. The van der Waals surface area contributed by atoms with Crippen molar-refractivity contribution in [1.29, 1.82) is 0 Å². The van der Waals surface area contributed by atoms with Crippen LogP contribution in [0, 0.1) is 20.8 Å². The summed E-state index contributed by atoms with van der Waals surface area (Å²) in [7, 11) is -3.69. The molecule has 1 atom stereocenters. The van der Waals surface area contributed by atoms with Gasteiger partial charge in [-0.05, 0) is 75.4 Å². The van der Waals surface area contributed by atoms with Crippen molar-refractivity contribution in [2.75, 3.05) is 10.6 Å². The van der Waals surface area contributed by atoms with Crippen LogP contribution < -0.4 is 4.31 Å². The molecule has 3 rings (SSSR count). The van der Waals surface area contributed by atoms with Crippen molar-refractivity contribution >= 4 is 21.7 Å². The zero-order valence-electron chi connectivity index (χ0n) is 22.0. The Hall–Kier alpha value is -3.16. The summed E-state index contributed by atoms with van der Waals surface area (Å²) in [4.78, 5) is 12.6. The Labute approximate surface area is 214 Å². The van der Waals surface area contributed by atoms with Gasteiger partial charge in [-0.15, -0.1) is 0 Å². The first kappa shape index (κ1) is 27.4. The molecule has 0 spiro atoms. The number of nitrogens with zero attached hydrogens (tertiary/aromatic N) is 1. The second-order valence-corrected chi connectivity index (χ2v) is 12.1. The summed E-state index contributed by atoms with van der Waals surface area (Å²) in [5.74, 6) is -1.13. The highest BCUT2D eigenvalue weighted by Gasteiger charge is 2.34. The normalized spacial score (nSPS) is 12.9. The first-order valence-corrected chi connectivity index (χ1v) is 13.7. The van der Waals surface area contributed by atoms with Gasteiger partial charge in [-0.1, -0.05) is 60.2 Å². The predicted octanol–water partition coefficient (Wildman–Crippen LogP) is 6.19. The van der Waals surface area contributed by atoms with E-state index in [0.29, 0.717) is 16.8 Å². The fourth-order valence-electron chi connectivity index (χ4n) is 4.33. The lowest BCUT2D eigenvalue weighted by Crippen LogP contribution is -2.32. The molecule has 0 saturated carbocycles. The van der Waals surface area contributed by atoms with E-state index in [-0.39, 0.29) is 6.54 Å². The lowest BCUT2D eigenvalue weighted by molar-refractivity contribution is -0.160. The van der Waals surface area contributed by atoms with Gasteiger partial charge in [-0.25, -0.2) is 13.2 Å². The highest BCUT2D eigenvalue weighted by Crippen LogP contribution is 2.42. The minimum Gasteiger partial charge on any atom is -0.479 e. The molecule has 0 heterocycles. The molecule has 0 aromatic heterocycles. The van der Waals surface area contributed by atoms with E-state index in [0.717, 1.165) is 27.8 Å². The Bertz CT molecular complexity index is 1340. The second-order valence-electron chi connectivity index (χ2n) is 10.2. The van der Waals surface area contributed by atoms with Crippen LogP contribution in [-0.2, 0) is 26.1 Å². The highest BCUT2D eigenvalue weighted by atomic mass is 32.2. The maximum Gasteiger partial charge on any atom is 0.337 e. The number of hydrogen-bond acceptors (Lipinski definition) is 4. The van der Waals surface area contributed by atoms with E-state index in [1.807, 2.05) is 74.5 Å². The average molecular weight is 510 g/mol. The quantitative estimate of drug-likeness (QED) is 0.392. The number of aryl methyl sites for hydroxylation is 2. The molecule has 7 heteroatoms. The molecule has 3 aromatic rings. The van der Waals surface area contributed by atoms with Crippen LogP contribution in [0.4, 0.5) is 5.69 Å². The molecule has 0 aliphatic rings. The highest BCUT2D eigenvalue weighted by molar-refractivity contribution is 7.92. The van der Waals surface area contributed by atoms with E-state index in [2.05, 4.69) is 0 Å². The number of carboxylic acid groups (broad SMARTS) is 1. The minimum atomic E-state index is -3.69. The smallest absolute Gasteiger partial charge is 0.337 e. The Balaban J connectivity index is 2.35. The van der Waals surface area contributed by atoms with Gasteiger partial charge in [0.2, 0.25) is 10.0 Å². The number of ether oxygens (including phenoxy) is 1. The number of aliphatic carboxylic acids is 1. The van der Waals surface area contributed by atoms with Crippen molar-refractivity contribution < 1.29 is 23.1 Å². The van der Waals surface area contributed by atoms with Gasteiger partial charge in [0, 0.05) is 5.56 Å². The van der Waals surface area contributed by atoms with E-state index in [4.69, 9.17) is 4.74 Å². The number of sulfonamides is 1. The molecule has 36 heavy (non-hydrogen) atoms. The SMILES string of the molecule is Cc1ccc(-c2c(C)cc(N(Cc3ccccc3)S(C)(=O)=O)c(C)c2[C@H](OC(C)(C)C)C(=O)O)cc1. The van der Waals surface area contributed by atoms with Gasteiger partial charge in [0.1, 0.15) is 0 Å². The third-order valence-electron chi connectivity index (χ3n) is 5.94. The van der Waals surface area contributed by atoms with Crippen LogP contribution in [0.5, 0.6) is 0 Å². The molecule has 0 aliphatic heterocycles. The molecule has 6 nitrogen and oxygen atoms in total. The van der Waals surface area contributed by atoms with Crippen LogP contribution in [0.3, 0.4) is 0 Å². The summed E-state index contributed by atoms with van der Waals surface area (Å²) in [6, 6.07) is 19.0. The second kappa shape index (κ2) is 10.4. The van der Waals surface area contributed by atoms with Crippen LogP contribution in [0.15, 0.2) is 60.7 Å². The lowest BCUT2D eigenvalue weighted by Gasteiger charge is -2.32. The molecule has 192 valence electrons. The maximum absolute atomic E-state index is 13.0. The third kappa shape index (κ3) is 6.33. The Morgan fingerprint density at radius 2 is 1.58 bits per heavy atom. The summed E-state index contributed by atoms with van der Waals surface area (Å²) >= 11 is 0. The van der Waals surface area contributed by atoms with Crippen molar-refractivity contribution in [3.8, 4) is 11.1 Å². The maximum atomic E-state index is 13.0. The van der Waals surface area contributed by atoms with Crippen LogP contribution in [0.2, 0.25) is 0 Å². The summed E-state index contributed by atoms with van der Waals surface area (Å²) in [5.41, 5.74) is 4.95. The Morgan fingerprint density at radius 1 is 1.00 bits per heavy atom. The lowest BCUT2D eigenvalue weighted by atomic mass is 9.87. The van der Waals surface area contributed by atoms with Gasteiger partial charge < -0.3 is 9.84 Å².